The highest BCUT2D eigenvalue weighted by molar-refractivity contribution is 9.10. The smallest absolute Gasteiger partial charge is 0.224 e. The molecule has 0 radical (unpaired) electrons. The predicted molar refractivity (Wildman–Crippen MR) is 90.4 cm³/mol. The first-order valence-corrected chi connectivity index (χ1v) is 7.70. The number of halogens is 1. The monoisotopic (exact) mass is 360 g/mol. The molecule has 0 aliphatic heterocycles. The van der Waals surface area contributed by atoms with Gasteiger partial charge in [0.15, 0.2) is 0 Å². The Hall–Kier alpha value is -2.14. The molecule has 114 valence electrons. The van der Waals surface area contributed by atoms with Crippen molar-refractivity contribution in [2.45, 2.75) is 19.9 Å². The second-order valence-electron chi connectivity index (χ2n) is 4.96. The SMILES string of the molecule is CC(=O)Nc1ccc(CC(=O)NCc2cccc(Br)c2)cc1. The minimum Gasteiger partial charge on any atom is -0.352 e. The van der Waals surface area contributed by atoms with Crippen molar-refractivity contribution in [1.82, 2.24) is 5.32 Å². The second-order valence-corrected chi connectivity index (χ2v) is 5.88. The normalized spacial score (nSPS) is 10.1. The van der Waals surface area contributed by atoms with Crippen molar-refractivity contribution >= 4 is 33.4 Å². The fourth-order valence-electron chi connectivity index (χ4n) is 2.00. The van der Waals surface area contributed by atoms with Gasteiger partial charge in [-0.25, -0.2) is 0 Å². The van der Waals surface area contributed by atoms with Crippen LogP contribution in [0.25, 0.3) is 0 Å². The molecule has 0 unspecified atom stereocenters. The minimum atomic E-state index is -0.112. The van der Waals surface area contributed by atoms with Gasteiger partial charge in [0, 0.05) is 23.6 Å². The topological polar surface area (TPSA) is 58.2 Å². The molecule has 22 heavy (non-hydrogen) atoms. The molecule has 2 N–H and O–H groups in total. The van der Waals surface area contributed by atoms with E-state index in [9.17, 15) is 9.59 Å². The number of amides is 2. The lowest BCUT2D eigenvalue weighted by Crippen LogP contribution is -2.24. The molecule has 2 amide bonds. The van der Waals surface area contributed by atoms with Crippen LogP contribution >= 0.6 is 15.9 Å². The summed E-state index contributed by atoms with van der Waals surface area (Å²) in [5, 5.41) is 5.59. The van der Waals surface area contributed by atoms with Gasteiger partial charge < -0.3 is 10.6 Å². The number of rotatable bonds is 5. The summed E-state index contributed by atoms with van der Waals surface area (Å²) in [4.78, 5) is 22.9. The highest BCUT2D eigenvalue weighted by Crippen LogP contribution is 2.12. The predicted octanol–water partition coefficient (Wildman–Crippen LogP) is 3.27. The fraction of sp³-hybridized carbons (Fsp3) is 0.176. The van der Waals surface area contributed by atoms with Crippen molar-refractivity contribution < 1.29 is 9.59 Å². The molecule has 0 atom stereocenters. The van der Waals surface area contributed by atoms with Gasteiger partial charge in [-0.15, -0.1) is 0 Å². The Kier molecular flexibility index (Phi) is 5.72. The van der Waals surface area contributed by atoms with Crippen LogP contribution in [0.15, 0.2) is 53.0 Å². The van der Waals surface area contributed by atoms with Crippen LogP contribution < -0.4 is 10.6 Å². The summed E-state index contributed by atoms with van der Waals surface area (Å²) in [7, 11) is 0. The van der Waals surface area contributed by atoms with Gasteiger partial charge in [0.1, 0.15) is 0 Å². The van der Waals surface area contributed by atoms with Gasteiger partial charge in [-0.1, -0.05) is 40.2 Å². The maximum Gasteiger partial charge on any atom is 0.224 e. The first-order chi connectivity index (χ1) is 10.5. The Bertz CT molecular complexity index is 669. The van der Waals surface area contributed by atoms with Crippen molar-refractivity contribution in [3.05, 3.63) is 64.1 Å². The fourth-order valence-corrected chi connectivity index (χ4v) is 2.45. The summed E-state index contributed by atoms with van der Waals surface area (Å²) in [5.41, 5.74) is 2.68. The van der Waals surface area contributed by atoms with E-state index in [2.05, 4.69) is 26.6 Å². The van der Waals surface area contributed by atoms with E-state index in [1.807, 2.05) is 36.4 Å². The van der Waals surface area contributed by atoms with Crippen LogP contribution in [0, 0.1) is 0 Å². The minimum absolute atomic E-state index is 0.0350. The lowest BCUT2D eigenvalue weighted by molar-refractivity contribution is -0.120. The van der Waals surface area contributed by atoms with Crippen molar-refractivity contribution in [2.24, 2.45) is 0 Å². The Morgan fingerprint density at radius 3 is 2.41 bits per heavy atom. The average Bonchev–Trinajstić information content (AvgIpc) is 2.47. The molecule has 0 aromatic heterocycles. The van der Waals surface area contributed by atoms with Crippen LogP contribution in [-0.4, -0.2) is 11.8 Å². The Morgan fingerprint density at radius 1 is 1.05 bits per heavy atom. The van der Waals surface area contributed by atoms with Gasteiger partial charge in [0.2, 0.25) is 11.8 Å². The van der Waals surface area contributed by atoms with Gasteiger partial charge in [-0.3, -0.25) is 9.59 Å². The molecule has 0 aliphatic rings. The van der Waals surface area contributed by atoms with Gasteiger partial charge in [0.25, 0.3) is 0 Å². The van der Waals surface area contributed by atoms with Gasteiger partial charge in [0.05, 0.1) is 6.42 Å². The van der Waals surface area contributed by atoms with Crippen molar-refractivity contribution in [3.8, 4) is 0 Å². The van der Waals surface area contributed by atoms with Crippen LogP contribution in [-0.2, 0) is 22.6 Å². The first-order valence-electron chi connectivity index (χ1n) is 6.90. The number of nitrogens with one attached hydrogen (secondary N) is 2. The van der Waals surface area contributed by atoms with Crippen molar-refractivity contribution in [3.63, 3.8) is 0 Å². The first kappa shape index (κ1) is 16.2. The third-order valence-corrected chi connectivity index (χ3v) is 3.51. The summed E-state index contributed by atoms with van der Waals surface area (Å²) in [6.07, 6.45) is 0.314. The number of hydrogen-bond acceptors (Lipinski definition) is 2. The molecular weight excluding hydrogens is 344 g/mol. The van der Waals surface area contributed by atoms with E-state index in [4.69, 9.17) is 0 Å². The number of benzene rings is 2. The van der Waals surface area contributed by atoms with E-state index in [0.717, 1.165) is 21.3 Å². The zero-order valence-corrected chi connectivity index (χ0v) is 13.8. The number of carbonyl (C=O) groups is 2. The molecule has 0 fully saturated rings. The molecule has 2 aromatic rings. The van der Waals surface area contributed by atoms with E-state index >= 15 is 0 Å². The second kappa shape index (κ2) is 7.75. The zero-order chi connectivity index (χ0) is 15.9. The van der Waals surface area contributed by atoms with E-state index in [1.165, 1.54) is 6.92 Å². The van der Waals surface area contributed by atoms with Gasteiger partial charge in [-0.05, 0) is 35.4 Å². The average molecular weight is 361 g/mol. The summed E-state index contributed by atoms with van der Waals surface area (Å²) >= 11 is 3.40. The number of anilines is 1. The molecule has 0 saturated heterocycles. The van der Waals surface area contributed by atoms with E-state index in [-0.39, 0.29) is 11.8 Å². The van der Waals surface area contributed by atoms with Gasteiger partial charge >= 0.3 is 0 Å². The highest BCUT2D eigenvalue weighted by atomic mass is 79.9. The third kappa shape index (κ3) is 5.33. The molecule has 2 rings (SSSR count). The maximum atomic E-state index is 11.9. The molecule has 0 aliphatic carbocycles. The van der Waals surface area contributed by atoms with E-state index in [1.54, 1.807) is 12.1 Å². The van der Waals surface area contributed by atoms with Crippen LogP contribution in [0.1, 0.15) is 18.1 Å². The number of carbonyl (C=O) groups excluding carboxylic acids is 2. The largest absolute Gasteiger partial charge is 0.352 e. The summed E-state index contributed by atoms with van der Waals surface area (Å²) < 4.78 is 0.993. The molecule has 0 heterocycles. The molecule has 0 saturated carbocycles. The molecular formula is C17H17BrN2O2. The zero-order valence-electron chi connectivity index (χ0n) is 12.2. The summed E-state index contributed by atoms with van der Waals surface area (Å²) in [6.45, 7) is 1.96. The van der Waals surface area contributed by atoms with E-state index in [0.29, 0.717) is 13.0 Å². The van der Waals surface area contributed by atoms with Gasteiger partial charge in [-0.2, -0.15) is 0 Å². The van der Waals surface area contributed by atoms with Crippen LogP contribution in [0.2, 0.25) is 0 Å². The maximum absolute atomic E-state index is 11.9. The highest BCUT2D eigenvalue weighted by Gasteiger charge is 2.04. The quantitative estimate of drug-likeness (QED) is 0.859. The summed E-state index contributed by atoms with van der Waals surface area (Å²) in [5.74, 6) is -0.147. The van der Waals surface area contributed by atoms with Crippen LogP contribution in [0.5, 0.6) is 0 Å². The Morgan fingerprint density at radius 2 is 1.77 bits per heavy atom. The van der Waals surface area contributed by atoms with E-state index < -0.39 is 0 Å². The van der Waals surface area contributed by atoms with Crippen LogP contribution in [0.4, 0.5) is 5.69 Å². The Labute approximate surface area is 138 Å². The standard InChI is InChI=1S/C17H17BrN2O2/c1-12(21)20-16-7-5-13(6-8-16)10-17(22)19-11-14-3-2-4-15(18)9-14/h2-9H,10-11H2,1H3,(H,19,22)(H,20,21). The molecule has 0 bridgehead atoms. The number of hydrogen-bond donors (Lipinski definition) is 2. The van der Waals surface area contributed by atoms with Crippen molar-refractivity contribution in [1.29, 1.82) is 0 Å². The molecule has 2 aromatic carbocycles. The molecule has 5 heteroatoms. The Balaban J connectivity index is 1.85. The molecule has 4 nitrogen and oxygen atoms in total. The summed E-state index contributed by atoms with van der Waals surface area (Å²) in [6, 6.07) is 15.1. The lowest BCUT2D eigenvalue weighted by atomic mass is 10.1. The lowest BCUT2D eigenvalue weighted by Gasteiger charge is -2.07. The molecule has 0 spiro atoms. The third-order valence-electron chi connectivity index (χ3n) is 3.02. The van der Waals surface area contributed by atoms with Crippen molar-refractivity contribution in [2.75, 3.05) is 5.32 Å². The van der Waals surface area contributed by atoms with Crippen LogP contribution in [0.3, 0.4) is 0 Å².